The number of fused-ring (bicyclic) bond motifs is 1. The zero-order valence-electron chi connectivity index (χ0n) is 19.4. The van der Waals surface area contributed by atoms with E-state index in [1.807, 2.05) is 41.2 Å². The number of rotatable bonds is 5. The summed E-state index contributed by atoms with van der Waals surface area (Å²) in [7, 11) is 0. The molecule has 1 aromatic heterocycles. The summed E-state index contributed by atoms with van der Waals surface area (Å²) < 4.78 is 16.9. The molecule has 0 fully saturated rings. The van der Waals surface area contributed by atoms with Crippen molar-refractivity contribution in [1.82, 2.24) is 14.7 Å². The normalized spacial score (nSPS) is 13.5. The first-order valence-corrected chi connectivity index (χ1v) is 12.0. The molecule has 0 atom stereocenters. The molecule has 4 heteroatoms. The van der Waals surface area contributed by atoms with Gasteiger partial charge in [-0.2, -0.15) is 5.10 Å². The van der Waals surface area contributed by atoms with E-state index in [9.17, 15) is 0 Å². The molecule has 0 spiro atoms. The number of nitrogens with zero attached hydrogens (tertiary/aromatic N) is 3. The smallest absolute Gasteiger partial charge is 0.132 e. The standard InChI is InChI=1S/C31H26FN3/c32-30-13-7-6-12-29(30)31-27(22-34-19-18-24-10-4-5-11-26(24)21-34)20-33-35(31)28-16-14-25(15-17-28)23-8-2-1-3-9-23/h1-17,20H,18-19,21-22H2. The van der Waals surface area contributed by atoms with Gasteiger partial charge in [0.25, 0.3) is 0 Å². The fourth-order valence-corrected chi connectivity index (χ4v) is 4.99. The maximum atomic E-state index is 15.0. The van der Waals surface area contributed by atoms with Crippen molar-refractivity contribution in [2.75, 3.05) is 6.54 Å². The first-order valence-electron chi connectivity index (χ1n) is 12.0. The molecule has 5 aromatic rings. The van der Waals surface area contributed by atoms with E-state index >= 15 is 4.39 Å². The van der Waals surface area contributed by atoms with Crippen LogP contribution in [0.1, 0.15) is 16.7 Å². The Morgan fingerprint density at radius 2 is 1.40 bits per heavy atom. The average Bonchev–Trinajstić information content (AvgIpc) is 3.32. The highest BCUT2D eigenvalue weighted by Gasteiger charge is 2.22. The topological polar surface area (TPSA) is 21.1 Å². The summed E-state index contributed by atoms with van der Waals surface area (Å²) in [5.74, 6) is -0.236. The Labute approximate surface area is 205 Å². The zero-order valence-corrected chi connectivity index (χ0v) is 19.4. The van der Waals surface area contributed by atoms with Gasteiger partial charge in [-0.3, -0.25) is 4.90 Å². The second-order valence-electron chi connectivity index (χ2n) is 9.05. The molecule has 0 radical (unpaired) electrons. The van der Waals surface area contributed by atoms with Gasteiger partial charge in [0.15, 0.2) is 0 Å². The van der Waals surface area contributed by atoms with Gasteiger partial charge >= 0.3 is 0 Å². The van der Waals surface area contributed by atoms with Crippen molar-refractivity contribution in [3.63, 3.8) is 0 Å². The number of hydrogen-bond donors (Lipinski definition) is 0. The van der Waals surface area contributed by atoms with E-state index in [0.29, 0.717) is 5.56 Å². The van der Waals surface area contributed by atoms with Crippen LogP contribution >= 0.6 is 0 Å². The molecule has 2 heterocycles. The lowest BCUT2D eigenvalue weighted by Gasteiger charge is -2.28. The van der Waals surface area contributed by atoms with Crippen LogP contribution in [0.5, 0.6) is 0 Å². The van der Waals surface area contributed by atoms with E-state index in [2.05, 4.69) is 65.6 Å². The number of hydrogen-bond acceptors (Lipinski definition) is 2. The van der Waals surface area contributed by atoms with E-state index < -0.39 is 0 Å². The molecule has 1 aliphatic rings. The summed E-state index contributed by atoms with van der Waals surface area (Å²) in [6, 6.07) is 34.2. The van der Waals surface area contributed by atoms with Crippen LogP contribution < -0.4 is 0 Å². The minimum atomic E-state index is -0.236. The van der Waals surface area contributed by atoms with Gasteiger partial charge < -0.3 is 0 Å². The van der Waals surface area contributed by atoms with Crippen molar-refractivity contribution in [3.8, 4) is 28.1 Å². The van der Waals surface area contributed by atoms with Crippen molar-refractivity contribution in [2.24, 2.45) is 0 Å². The van der Waals surface area contributed by atoms with Gasteiger partial charge in [-0.05, 0) is 52.9 Å². The molecule has 0 saturated carbocycles. The Kier molecular flexibility index (Phi) is 5.73. The lowest BCUT2D eigenvalue weighted by Crippen LogP contribution is -2.30. The van der Waals surface area contributed by atoms with E-state index in [-0.39, 0.29) is 5.82 Å². The fourth-order valence-electron chi connectivity index (χ4n) is 4.99. The molecule has 0 N–H and O–H groups in total. The molecule has 172 valence electrons. The summed E-state index contributed by atoms with van der Waals surface area (Å²) in [5.41, 5.74) is 8.43. The van der Waals surface area contributed by atoms with Gasteiger partial charge in [-0.15, -0.1) is 0 Å². The molecule has 3 nitrogen and oxygen atoms in total. The van der Waals surface area contributed by atoms with Crippen molar-refractivity contribution in [2.45, 2.75) is 19.5 Å². The van der Waals surface area contributed by atoms with E-state index in [0.717, 1.165) is 48.6 Å². The Balaban J connectivity index is 1.37. The molecule has 0 amide bonds. The summed E-state index contributed by atoms with van der Waals surface area (Å²) in [4.78, 5) is 2.42. The summed E-state index contributed by atoms with van der Waals surface area (Å²) in [5, 5.41) is 4.74. The van der Waals surface area contributed by atoms with E-state index in [1.54, 1.807) is 6.07 Å². The molecule has 1 aliphatic heterocycles. The van der Waals surface area contributed by atoms with Crippen LogP contribution in [-0.4, -0.2) is 21.2 Å². The molecule has 0 bridgehead atoms. The van der Waals surface area contributed by atoms with Crippen LogP contribution in [0, 0.1) is 5.82 Å². The number of halogens is 1. The summed E-state index contributed by atoms with van der Waals surface area (Å²) >= 11 is 0. The Morgan fingerprint density at radius 3 is 2.20 bits per heavy atom. The van der Waals surface area contributed by atoms with Gasteiger partial charge in [0, 0.05) is 30.8 Å². The van der Waals surface area contributed by atoms with Gasteiger partial charge in [0.05, 0.1) is 17.6 Å². The van der Waals surface area contributed by atoms with Crippen LogP contribution in [0.25, 0.3) is 28.1 Å². The maximum Gasteiger partial charge on any atom is 0.132 e. The largest absolute Gasteiger partial charge is 0.294 e. The zero-order chi connectivity index (χ0) is 23.6. The molecule has 4 aromatic carbocycles. The summed E-state index contributed by atoms with van der Waals surface area (Å²) in [6.07, 6.45) is 2.92. The van der Waals surface area contributed by atoms with Gasteiger partial charge in [0.2, 0.25) is 0 Å². The lowest BCUT2D eigenvalue weighted by molar-refractivity contribution is 0.246. The van der Waals surface area contributed by atoms with Gasteiger partial charge in [-0.1, -0.05) is 78.9 Å². The van der Waals surface area contributed by atoms with Crippen molar-refractivity contribution >= 4 is 0 Å². The monoisotopic (exact) mass is 459 g/mol. The molecule has 0 aliphatic carbocycles. The van der Waals surface area contributed by atoms with Gasteiger partial charge in [-0.25, -0.2) is 9.07 Å². The third kappa shape index (κ3) is 4.29. The summed E-state index contributed by atoms with van der Waals surface area (Å²) in [6.45, 7) is 2.59. The molecule has 6 rings (SSSR count). The van der Waals surface area contributed by atoms with Crippen molar-refractivity contribution in [3.05, 3.63) is 132 Å². The quantitative estimate of drug-likeness (QED) is 0.285. The lowest BCUT2D eigenvalue weighted by atomic mass is 9.99. The predicted molar refractivity (Wildman–Crippen MR) is 139 cm³/mol. The minimum Gasteiger partial charge on any atom is -0.294 e. The third-order valence-corrected chi connectivity index (χ3v) is 6.80. The molecular weight excluding hydrogens is 433 g/mol. The first-order chi connectivity index (χ1) is 17.3. The highest BCUT2D eigenvalue weighted by atomic mass is 19.1. The second kappa shape index (κ2) is 9.32. The Bertz CT molecular complexity index is 1450. The van der Waals surface area contributed by atoms with Crippen LogP contribution in [0.2, 0.25) is 0 Å². The fraction of sp³-hybridized carbons (Fsp3) is 0.129. The second-order valence-corrected chi connectivity index (χ2v) is 9.05. The average molecular weight is 460 g/mol. The van der Waals surface area contributed by atoms with Crippen molar-refractivity contribution < 1.29 is 4.39 Å². The van der Waals surface area contributed by atoms with Crippen LogP contribution in [0.4, 0.5) is 4.39 Å². The highest BCUT2D eigenvalue weighted by Crippen LogP contribution is 2.31. The van der Waals surface area contributed by atoms with E-state index in [4.69, 9.17) is 5.10 Å². The molecule has 0 saturated heterocycles. The van der Waals surface area contributed by atoms with Crippen LogP contribution in [0.3, 0.4) is 0 Å². The maximum absolute atomic E-state index is 15.0. The minimum absolute atomic E-state index is 0.236. The van der Waals surface area contributed by atoms with Gasteiger partial charge in [0.1, 0.15) is 5.82 Å². The molecule has 35 heavy (non-hydrogen) atoms. The Morgan fingerprint density at radius 1 is 0.714 bits per heavy atom. The predicted octanol–water partition coefficient (Wildman–Crippen LogP) is 6.90. The third-order valence-electron chi connectivity index (χ3n) is 6.80. The number of benzene rings is 4. The van der Waals surface area contributed by atoms with Crippen molar-refractivity contribution in [1.29, 1.82) is 0 Å². The molecule has 0 unspecified atom stereocenters. The first kappa shape index (κ1) is 21.5. The van der Waals surface area contributed by atoms with Crippen LogP contribution in [0.15, 0.2) is 109 Å². The van der Waals surface area contributed by atoms with E-state index in [1.165, 1.54) is 22.8 Å². The molecular formula is C31H26FN3. The highest BCUT2D eigenvalue weighted by molar-refractivity contribution is 5.68. The Hall–Kier alpha value is -4.02. The SMILES string of the molecule is Fc1ccccc1-c1c(CN2CCc3ccccc3C2)cnn1-c1ccc(-c2ccccc2)cc1. The van der Waals surface area contributed by atoms with Crippen LogP contribution in [-0.2, 0) is 19.5 Å². The number of aromatic nitrogens is 2.